The number of amides is 2. The number of carbonyl (C=O) groups is 2. The summed E-state index contributed by atoms with van der Waals surface area (Å²) in [5, 5.41) is 5.68. The maximum atomic E-state index is 12.5. The first-order valence-corrected chi connectivity index (χ1v) is 9.12. The van der Waals surface area contributed by atoms with E-state index in [1.807, 2.05) is 36.4 Å². The van der Waals surface area contributed by atoms with Crippen molar-refractivity contribution in [1.82, 2.24) is 10.6 Å². The van der Waals surface area contributed by atoms with E-state index in [4.69, 9.17) is 4.74 Å². The number of rotatable bonds is 6. The molecule has 0 atom stereocenters. The molecule has 2 amide bonds. The minimum absolute atomic E-state index is 0.0327. The summed E-state index contributed by atoms with van der Waals surface area (Å²) in [5.74, 6) is 0.647. The van der Waals surface area contributed by atoms with Gasteiger partial charge in [0.2, 0.25) is 5.91 Å². The Hall–Kier alpha value is -2.82. The lowest BCUT2D eigenvalue weighted by atomic mass is 9.95. The molecule has 2 aromatic rings. The Bertz CT molecular complexity index is 740. The molecule has 5 nitrogen and oxygen atoms in total. The van der Waals surface area contributed by atoms with Gasteiger partial charge in [0.15, 0.2) is 0 Å². The molecule has 0 aromatic heterocycles. The lowest BCUT2D eigenvalue weighted by molar-refractivity contribution is -0.121. The van der Waals surface area contributed by atoms with Crippen LogP contribution in [0.2, 0.25) is 0 Å². The Labute approximate surface area is 153 Å². The molecule has 1 aliphatic rings. The molecule has 1 saturated carbocycles. The largest absolute Gasteiger partial charge is 0.457 e. The summed E-state index contributed by atoms with van der Waals surface area (Å²) < 4.78 is 5.80. The lowest BCUT2D eigenvalue weighted by Crippen LogP contribution is -2.42. The van der Waals surface area contributed by atoms with Crippen LogP contribution in [0, 0.1) is 0 Å². The first kappa shape index (κ1) is 18.0. The number of para-hydroxylation sites is 2. The molecule has 2 N–H and O–H groups in total. The van der Waals surface area contributed by atoms with Crippen LogP contribution in [0.4, 0.5) is 0 Å². The van der Waals surface area contributed by atoms with E-state index in [9.17, 15) is 9.59 Å². The summed E-state index contributed by atoms with van der Waals surface area (Å²) in [5.41, 5.74) is 0.404. The van der Waals surface area contributed by atoms with Crippen LogP contribution in [0.3, 0.4) is 0 Å². The van der Waals surface area contributed by atoms with Crippen molar-refractivity contribution in [3.05, 3.63) is 60.2 Å². The smallest absolute Gasteiger partial charge is 0.255 e. The van der Waals surface area contributed by atoms with Crippen LogP contribution in [0.25, 0.3) is 0 Å². The molecule has 1 fully saturated rings. The van der Waals surface area contributed by atoms with Gasteiger partial charge in [0.25, 0.3) is 5.91 Å². The fraction of sp³-hybridized carbons (Fsp3) is 0.333. The monoisotopic (exact) mass is 352 g/mol. The number of benzene rings is 2. The molecular formula is C21H24N2O3. The van der Waals surface area contributed by atoms with Crippen molar-refractivity contribution < 1.29 is 14.3 Å². The highest BCUT2D eigenvalue weighted by Gasteiger charge is 2.17. The van der Waals surface area contributed by atoms with Gasteiger partial charge in [0.05, 0.1) is 12.1 Å². The van der Waals surface area contributed by atoms with E-state index in [0.717, 1.165) is 25.7 Å². The quantitative estimate of drug-likeness (QED) is 0.834. The van der Waals surface area contributed by atoms with E-state index in [1.165, 1.54) is 6.42 Å². The molecule has 0 bridgehead atoms. The summed E-state index contributed by atoms with van der Waals surface area (Å²) in [7, 11) is 0. The van der Waals surface area contributed by atoms with Gasteiger partial charge >= 0.3 is 0 Å². The van der Waals surface area contributed by atoms with Crippen LogP contribution >= 0.6 is 0 Å². The van der Waals surface area contributed by atoms with E-state index in [-0.39, 0.29) is 24.4 Å². The highest BCUT2D eigenvalue weighted by atomic mass is 16.5. The van der Waals surface area contributed by atoms with E-state index in [0.29, 0.717) is 17.1 Å². The third kappa shape index (κ3) is 5.09. The topological polar surface area (TPSA) is 67.4 Å². The summed E-state index contributed by atoms with van der Waals surface area (Å²) >= 11 is 0. The standard InChI is InChI=1S/C21H24N2O3/c24-20(23-16-9-3-1-4-10-16)15-22-21(25)18-13-7-8-14-19(18)26-17-11-5-2-6-12-17/h2,5-8,11-14,16H,1,3-4,9-10,15H2,(H,22,25)(H,23,24). The molecule has 3 rings (SSSR count). The zero-order chi connectivity index (χ0) is 18.2. The van der Waals surface area contributed by atoms with Crippen LogP contribution < -0.4 is 15.4 Å². The molecule has 0 saturated heterocycles. The number of carbonyl (C=O) groups excluding carboxylic acids is 2. The Morgan fingerprint density at radius 1 is 0.923 bits per heavy atom. The zero-order valence-corrected chi connectivity index (χ0v) is 14.7. The van der Waals surface area contributed by atoms with Gasteiger partial charge < -0.3 is 15.4 Å². The molecule has 0 unspecified atom stereocenters. The Morgan fingerprint density at radius 3 is 2.38 bits per heavy atom. The number of nitrogens with one attached hydrogen (secondary N) is 2. The fourth-order valence-electron chi connectivity index (χ4n) is 3.14. The molecule has 0 spiro atoms. The fourth-order valence-corrected chi connectivity index (χ4v) is 3.14. The van der Waals surface area contributed by atoms with Crippen molar-refractivity contribution in [3.63, 3.8) is 0 Å². The second-order valence-electron chi connectivity index (χ2n) is 6.50. The van der Waals surface area contributed by atoms with Crippen LogP contribution in [0.1, 0.15) is 42.5 Å². The van der Waals surface area contributed by atoms with Crippen molar-refractivity contribution in [2.75, 3.05) is 6.54 Å². The van der Waals surface area contributed by atoms with E-state index in [1.54, 1.807) is 18.2 Å². The summed E-state index contributed by atoms with van der Waals surface area (Å²) in [6, 6.07) is 16.5. The average Bonchev–Trinajstić information content (AvgIpc) is 2.68. The van der Waals surface area contributed by atoms with Crippen molar-refractivity contribution in [3.8, 4) is 11.5 Å². The zero-order valence-electron chi connectivity index (χ0n) is 14.7. The van der Waals surface area contributed by atoms with Gasteiger partial charge in [-0.1, -0.05) is 49.6 Å². The summed E-state index contributed by atoms with van der Waals surface area (Å²) in [6.07, 6.45) is 5.59. The van der Waals surface area contributed by atoms with Crippen LogP contribution in [0.15, 0.2) is 54.6 Å². The normalized spacial score (nSPS) is 14.5. The van der Waals surface area contributed by atoms with Crippen LogP contribution in [0.5, 0.6) is 11.5 Å². The van der Waals surface area contributed by atoms with Gasteiger partial charge in [-0.15, -0.1) is 0 Å². The molecule has 2 aromatic carbocycles. The Morgan fingerprint density at radius 2 is 1.62 bits per heavy atom. The Balaban J connectivity index is 1.56. The van der Waals surface area contributed by atoms with Crippen molar-refractivity contribution >= 4 is 11.8 Å². The van der Waals surface area contributed by atoms with Gasteiger partial charge in [-0.3, -0.25) is 9.59 Å². The highest BCUT2D eigenvalue weighted by Crippen LogP contribution is 2.24. The third-order valence-corrected chi connectivity index (χ3v) is 4.48. The molecular weight excluding hydrogens is 328 g/mol. The summed E-state index contributed by atoms with van der Waals surface area (Å²) in [6.45, 7) is -0.0327. The predicted octanol–water partition coefficient (Wildman–Crippen LogP) is 3.66. The summed E-state index contributed by atoms with van der Waals surface area (Å²) in [4.78, 5) is 24.5. The molecule has 5 heteroatoms. The maximum Gasteiger partial charge on any atom is 0.255 e. The van der Waals surface area contributed by atoms with E-state index < -0.39 is 0 Å². The van der Waals surface area contributed by atoms with Crippen LogP contribution in [-0.2, 0) is 4.79 Å². The maximum absolute atomic E-state index is 12.5. The van der Waals surface area contributed by atoms with Crippen molar-refractivity contribution in [2.45, 2.75) is 38.1 Å². The van der Waals surface area contributed by atoms with Crippen molar-refractivity contribution in [2.24, 2.45) is 0 Å². The number of hydrogen-bond acceptors (Lipinski definition) is 3. The van der Waals surface area contributed by atoms with E-state index >= 15 is 0 Å². The molecule has 0 radical (unpaired) electrons. The predicted molar refractivity (Wildman–Crippen MR) is 100 cm³/mol. The van der Waals surface area contributed by atoms with Crippen LogP contribution in [-0.4, -0.2) is 24.4 Å². The third-order valence-electron chi connectivity index (χ3n) is 4.48. The number of ether oxygens (including phenoxy) is 1. The van der Waals surface area contributed by atoms with Gasteiger partial charge in [0.1, 0.15) is 11.5 Å². The lowest BCUT2D eigenvalue weighted by Gasteiger charge is -2.22. The van der Waals surface area contributed by atoms with E-state index in [2.05, 4.69) is 10.6 Å². The minimum atomic E-state index is -0.324. The van der Waals surface area contributed by atoms with Gasteiger partial charge in [0, 0.05) is 6.04 Å². The molecule has 0 aliphatic heterocycles. The minimum Gasteiger partial charge on any atom is -0.457 e. The van der Waals surface area contributed by atoms with Gasteiger partial charge in [-0.2, -0.15) is 0 Å². The SMILES string of the molecule is O=C(CNC(=O)c1ccccc1Oc1ccccc1)NC1CCCCC1. The molecule has 0 heterocycles. The first-order valence-electron chi connectivity index (χ1n) is 9.12. The van der Waals surface area contributed by atoms with Gasteiger partial charge in [-0.05, 0) is 37.1 Å². The molecule has 26 heavy (non-hydrogen) atoms. The Kier molecular flexibility index (Phi) is 6.25. The highest BCUT2D eigenvalue weighted by molar-refractivity contribution is 5.98. The first-order chi connectivity index (χ1) is 12.7. The second kappa shape index (κ2) is 9.04. The molecule has 1 aliphatic carbocycles. The van der Waals surface area contributed by atoms with Gasteiger partial charge in [-0.25, -0.2) is 0 Å². The number of hydrogen-bond donors (Lipinski definition) is 2. The average molecular weight is 352 g/mol. The van der Waals surface area contributed by atoms with Crippen molar-refractivity contribution in [1.29, 1.82) is 0 Å². The molecule has 136 valence electrons. The second-order valence-corrected chi connectivity index (χ2v) is 6.50.